The second-order valence-electron chi connectivity index (χ2n) is 37.9. The number of rotatable bonds is 16. The molecule has 8 nitrogen and oxygen atoms in total. The molecule has 0 saturated heterocycles. The summed E-state index contributed by atoms with van der Waals surface area (Å²) in [5, 5.41) is 5.62. The Morgan fingerprint density at radius 1 is 0.167 bits per heavy atom. The number of aromatic nitrogens is 8. The first-order valence-corrected chi connectivity index (χ1v) is 61.4. The normalized spacial score (nSPS) is 10.6. The molecule has 0 aliphatic carbocycles. The maximum absolute atomic E-state index is 4.65. The Labute approximate surface area is 914 Å². The number of hydrogen-bond acceptors (Lipinski definition) is 8. The Morgan fingerprint density at radius 2 is 0.389 bits per heavy atom. The van der Waals surface area contributed by atoms with Crippen LogP contribution in [0.15, 0.2) is 438 Å². The van der Waals surface area contributed by atoms with Gasteiger partial charge in [-0.3, -0.25) is 0 Å². The van der Waals surface area contributed by atoms with Gasteiger partial charge in [0.15, 0.2) is 0 Å². The summed E-state index contributed by atoms with van der Waals surface area (Å²) in [6, 6.07) is 158. The minimum Gasteiger partial charge on any atom is -0.305 e. The fraction of sp³-hybridized carbons (Fsp3) is 0.125. The fourth-order valence-corrected chi connectivity index (χ4v) is 20.7. The maximum Gasteiger partial charge on any atom is 0.0767 e. The molecule has 12 aromatic carbocycles. The molecule has 8 heterocycles. The molecule has 0 saturated carbocycles. The van der Waals surface area contributed by atoms with Crippen molar-refractivity contribution in [3.05, 3.63) is 509 Å². The molecule has 0 aliphatic rings. The van der Waals surface area contributed by atoms with Gasteiger partial charge in [-0.05, 0) is 144 Å². The van der Waals surface area contributed by atoms with Gasteiger partial charge in [-0.25, -0.2) is 0 Å². The molecule has 0 N–H and O–H groups in total. The molecule has 0 fully saturated rings. The van der Waals surface area contributed by atoms with Gasteiger partial charge < -0.3 is 39.9 Å². The van der Waals surface area contributed by atoms with Crippen LogP contribution in [0.25, 0.3) is 135 Å². The van der Waals surface area contributed by atoms with Gasteiger partial charge in [0.2, 0.25) is 0 Å². The zero-order valence-electron chi connectivity index (χ0n) is 84.5. The van der Waals surface area contributed by atoms with Crippen LogP contribution < -0.4 is 20.7 Å². The minimum absolute atomic E-state index is 0. The van der Waals surface area contributed by atoms with Crippen molar-refractivity contribution >= 4 is 53.0 Å². The van der Waals surface area contributed by atoms with Crippen LogP contribution in [0.3, 0.4) is 0 Å². The van der Waals surface area contributed by atoms with Crippen LogP contribution in [0, 0.1) is 76.2 Å². The van der Waals surface area contributed by atoms with E-state index in [4.69, 9.17) is 0 Å². The molecule has 20 rings (SSSR count). The summed E-state index contributed by atoms with van der Waals surface area (Å²) < 4.78 is 0. The van der Waals surface area contributed by atoms with E-state index in [0.29, 0.717) is 0 Å². The van der Waals surface area contributed by atoms with Crippen LogP contribution in [0.5, 0.6) is 0 Å². The molecule has 8 aromatic heterocycles. The van der Waals surface area contributed by atoms with E-state index in [1.807, 2.05) is 232 Å². The van der Waals surface area contributed by atoms with Gasteiger partial charge in [0, 0.05) is 130 Å². The predicted octanol–water partition coefficient (Wildman–Crippen LogP) is 30.5. The summed E-state index contributed by atoms with van der Waals surface area (Å²) >= 11 is 0. The quantitative estimate of drug-likeness (QED) is 0.0696. The second-order valence-corrected chi connectivity index (χ2v) is 58.1. The summed E-state index contributed by atoms with van der Waals surface area (Å²) in [6.45, 7) is 36.5. The number of pyridine rings is 8. The van der Waals surface area contributed by atoms with Gasteiger partial charge >= 0.3 is 0 Å². The summed E-state index contributed by atoms with van der Waals surface area (Å²) in [7, 11) is -5.54. The van der Waals surface area contributed by atoms with Crippen molar-refractivity contribution in [2.45, 2.75) is 106 Å². The largest absolute Gasteiger partial charge is 0.305 e. The smallest absolute Gasteiger partial charge is 0.0767 e. The van der Waals surface area contributed by atoms with Crippen molar-refractivity contribution in [3.8, 4) is 135 Å². The first kappa shape index (κ1) is 115. The van der Waals surface area contributed by atoms with Gasteiger partial charge in [-0.1, -0.05) is 291 Å². The molecule has 0 aliphatic heterocycles. The summed E-state index contributed by atoms with van der Waals surface area (Å²) in [4.78, 5) is 35.7. The van der Waals surface area contributed by atoms with E-state index in [1.165, 1.54) is 87.5 Å². The molecule has 20 aromatic rings. The molecule has 4 radical (unpaired) electrons. The SMILES string of the molecule is C[Si](C)(C)c1cccnc1-c1[c-]ccc(-c2ccccc2)c1.C[Si](C)(C)c1cccnc1-c1[c-]ccc(-c2ccccc2)c1.C[Si](C)(C)c1ccnc(-c2[c-]ccc(-c3ccccc3)c2)c1.C[Si](C)(C)c1ccnc(-c2[c-]ccc(-c3ccccc3)c2)c1.Cc1cccnc1-c1[c-]cccc1.Cc1cccnc1-c1[c-]cccc1.Cc1cccnc1-c1[c-]cccc1.Cc1cccnc1-c1[c-]cccc1.[Ir].[Ir].[Ir].[Ir]. The average molecular weight is 2650 g/mol. The molecule has 0 bridgehead atoms. The summed E-state index contributed by atoms with van der Waals surface area (Å²) in [5.74, 6) is 0. The topological polar surface area (TPSA) is 103 Å². The molecule has 732 valence electrons. The van der Waals surface area contributed by atoms with E-state index in [0.717, 1.165) is 90.1 Å². The van der Waals surface area contributed by atoms with Crippen LogP contribution in [-0.2, 0) is 80.4 Å². The Balaban J connectivity index is 0.000000185. The zero-order chi connectivity index (χ0) is 98.7. The van der Waals surface area contributed by atoms with Crippen molar-refractivity contribution in [1.82, 2.24) is 39.9 Å². The van der Waals surface area contributed by atoms with E-state index in [1.54, 1.807) is 0 Å². The summed E-state index contributed by atoms with van der Waals surface area (Å²) in [5.41, 5.74) is 31.2. The minimum atomic E-state index is -1.44. The van der Waals surface area contributed by atoms with E-state index < -0.39 is 32.3 Å². The van der Waals surface area contributed by atoms with Gasteiger partial charge in [0.05, 0.1) is 32.3 Å². The van der Waals surface area contributed by atoms with Gasteiger partial charge in [-0.2, -0.15) is 0 Å². The van der Waals surface area contributed by atoms with Gasteiger partial charge in [0.25, 0.3) is 0 Å². The van der Waals surface area contributed by atoms with Gasteiger partial charge in [0.1, 0.15) is 0 Å². The summed E-state index contributed by atoms with van der Waals surface area (Å²) in [6.07, 6.45) is 14.8. The molecule has 0 unspecified atom stereocenters. The molecular formula is C128H120Ir4N8Si4-8. The molecule has 16 heteroatoms. The molecule has 0 spiro atoms. The Hall–Kier alpha value is -12.7. The average Bonchev–Trinajstić information content (AvgIpc) is 0.789. The van der Waals surface area contributed by atoms with Crippen LogP contribution in [0.4, 0.5) is 0 Å². The number of aryl methyl sites for hydroxylation is 4. The van der Waals surface area contributed by atoms with E-state index in [9.17, 15) is 0 Å². The van der Waals surface area contributed by atoms with Crippen LogP contribution in [0.1, 0.15) is 22.3 Å². The Morgan fingerprint density at radius 3 is 0.618 bits per heavy atom. The van der Waals surface area contributed by atoms with Crippen molar-refractivity contribution in [2.75, 3.05) is 0 Å². The molecule has 0 amide bonds. The van der Waals surface area contributed by atoms with E-state index >= 15 is 0 Å². The van der Waals surface area contributed by atoms with Crippen molar-refractivity contribution in [1.29, 1.82) is 0 Å². The first-order chi connectivity index (χ1) is 67.7. The van der Waals surface area contributed by atoms with Gasteiger partial charge in [-0.15, -0.1) is 285 Å². The Kier molecular flexibility index (Phi) is 45.6. The molecular weight excluding hydrogens is 2530 g/mol. The van der Waals surface area contributed by atoms with Crippen molar-refractivity contribution < 1.29 is 80.4 Å². The second kappa shape index (κ2) is 57.1. The van der Waals surface area contributed by atoms with E-state index in [-0.39, 0.29) is 80.4 Å². The predicted molar refractivity (Wildman–Crippen MR) is 601 cm³/mol. The zero-order valence-corrected chi connectivity index (χ0v) is 98.1. The monoisotopic (exact) mass is 2650 g/mol. The molecule has 144 heavy (non-hydrogen) atoms. The number of nitrogens with zero attached hydrogens (tertiary/aromatic N) is 8. The van der Waals surface area contributed by atoms with Crippen LogP contribution >= 0.6 is 0 Å². The van der Waals surface area contributed by atoms with Crippen LogP contribution in [-0.4, -0.2) is 72.2 Å². The third-order valence-electron chi connectivity index (χ3n) is 23.1. The first-order valence-electron chi connectivity index (χ1n) is 47.4. The van der Waals surface area contributed by atoms with Crippen LogP contribution in [0.2, 0.25) is 78.6 Å². The number of benzene rings is 12. The maximum atomic E-state index is 4.65. The third-order valence-corrected chi connectivity index (χ3v) is 31.2. The fourth-order valence-electron chi connectivity index (χ4n) is 15.4. The third kappa shape index (κ3) is 34.2. The molecule has 0 atom stereocenters. The standard InChI is InChI=1S/4C20H20NSi.4C12H10N.4Ir/c2*1-22(2,3)19-13-8-14-21-20(19)18-12-7-11-17(15-18)16-9-5-4-6-10-16;2*1-22(2,3)19-12-13-21-20(15-19)18-11-7-10-17(14-18)16-8-5-4-6-9-16;4*1-10-6-5-9-13-12(10)11-7-3-2-4-8-11;;;;/h2*4-11,13-15H,1-3H3;2*4-10,12-15H,1-3H3;4*2-7,9H,1H3;;;;/q8*-1;;;;. The van der Waals surface area contributed by atoms with E-state index in [2.05, 4.69) is 401 Å². The Bertz CT molecular complexity index is 6660. The van der Waals surface area contributed by atoms with Crippen molar-refractivity contribution in [2.24, 2.45) is 0 Å². The number of hydrogen-bond donors (Lipinski definition) is 0. The van der Waals surface area contributed by atoms with Crippen molar-refractivity contribution in [3.63, 3.8) is 0 Å².